The number of aryl methyl sites for hydroxylation is 1. The van der Waals surface area contributed by atoms with E-state index in [9.17, 15) is 17.6 Å². The maximum absolute atomic E-state index is 13.4. The fraction of sp³-hybridized carbons (Fsp3) is 0.136. The Morgan fingerprint density at radius 3 is 2.33 bits per heavy atom. The van der Waals surface area contributed by atoms with Crippen molar-refractivity contribution in [1.82, 2.24) is 4.72 Å². The lowest BCUT2D eigenvalue weighted by Gasteiger charge is -2.19. The third kappa shape index (κ3) is 5.66. The average molecular weight is 447 g/mol. The van der Waals surface area contributed by atoms with Gasteiger partial charge in [-0.2, -0.15) is 4.72 Å². The van der Waals surface area contributed by atoms with Gasteiger partial charge in [0.2, 0.25) is 15.9 Å². The first-order chi connectivity index (χ1) is 14.2. The van der Waals surface area contributed by atoms with Crippen molar-refractivity contribution in [3.8, 4) is 0 Å². The zero-order chi connectivity index (χ0) is 21.7. The van der Waals surface area contributed by atoms with Crippen LogP contribution in [-0.2, 0) is 21.2 Å². The van der Waals surface area contributed by atoms with Gasteiger partial charge in [-0.15, -0.1) is 0 Å². The molecule has 0 bridgehead atoms. The van der Waals surface area contributed by atoms with Crippen LogP contribution >= 0.6 is 11.6 Å². The second kappa shape index (κ2) is 9.38. The van der Waals surface area contributed by atoms with Gasteiger partial charge in [0.15, 0.2) is 0 Å². The number of halogens is 2. The number of amides is 1. The first kappa shape index (κ1) is 22.0. The van der Waals surface area contributed by atoms with Crippen molar-refractivity contribution in [2.75, 3.05) is 5.32 Å². The van der Waals surface area contributed by atoms with Crippen LogP contribution in [0.3, 0.4) is 0 Å². The second-order valence-electron chi connectivity index (χ2n) is 6.79. The summed E-state index contributed by atoms with van der Waals surface area (Å²) in [4.78, 5) is 13.0. The standard InChI is InChI=1S/C22H20ClFN2O3S/c1-15-7-10-18(11-8-15)30(28,29)26-21(13-16-5-3-2-4-6-16)22(27)25-17-9-12-20(24)19(23)14-17/h2-12,14,21,26H,13H2,1H3,(H,25,27)/t21-/m1/s1. The van der Waals surface area contributed by atoms with Crippen molar-refractivity contribution in [1.29, 1.82) is 0 Å². The van der Waals surface area contributed by atoms with E-state index < -0.39 is 27.8 Å². The molecular formula is C22H20ClFN2O3S. The first-order valence-electron chi connectivity index (χ1n) is 9.13. The number of hydrogen-bond donors (Lipinski definition) is 2. The summed E-state index contributed by atoms with van der Waals surface area (Å²) in [7, 11) is -3.95. The van der Waals surface area contributed by atoms with E-state index in [4.69, 9.17) is 11.6 Å². The topological polar surface area (TPSA) is 75.3 Å². The summed E-state index contributed by atoms with van der Waals surface area (Å²) in [5, 5.41) is 2.45. The van der Waals surface area contributed by atoms with E-state index in [1.807, 2.05) is 13.0 Å². The molecule has 1 amide bonds. The SMILES string of the molecule is Cc1ccc(S(=O)(=O)N[C@H](Cc2ccccc2)C(=O)Nc2ccc(F)c(Cl)c2)cc1. The fourth-order valence-corrected chi connectivity index (χ4v) is 4.19. The molecule has 0 unspecified atom stereocenters. The highest BCUT2D eigenvalue weighted by Crippen LogP contribution is 2.20. The molecule has 3 aromatic rings. The van der Waals surface area contributed by atoms with Gasteiger partial charge in [-0.25, -0.2) is 12.8 Å². The number of anilines is 1. The molecule has 2 N–H and O–H groups in total. The average Bonchev–Trinajstić information content (AvgIpc) is 2.71. The zero-order valence-electron chi connectivity index (χ0n) is 16.1. The lowest BCUT2D eigenvalue weighted by Crippen LogP contribution is -2.45. The predicted molar refractivity (Wildman–Crippen MR) is 115 cm³/mol. The van der Waals surface area contributed by atoms with Gasteiger partial charge in [0.25, 0.3) is 0 Å². The molecule has 0 spiro atoms. The molecule has 0 aliphatic carbocycles. The lowest BCUT2D eigenvalue weighted by atomic mass is 10.1. The smallest absolute Gasteiger partial charge is 0.242 e. The Kier molecular flexibility index (Phi) is 6.87. The molecule has 5 nitrogen and oxygen atoms in total. The maximum atomic E-state index is 13.4. The number of rotatable bonds is 7. The van der Waals surface area contributed by atoms with Crippen molar-refractivity contribution in [3.05, 3.63) is 94.8 Å². The van der Waals surface area contributed by atoms with Crippen molar-refractivity contribution in [3.63, 3.8) is 0 Å². The Balaban J connectivity index is 1.86. The van der Waals surface area contributed by atoms with Gasteiger partial charge >= 0.3 is 0 Å². The Bertz CT molecular complexity index is 1140. The molecule has 0 radical (unpaired) electrons. The highest BCUT2D eigenvalue weighted by molar-refractivity contribution is 7.89. The Morgan fingerprint density at radius 2 is 1.70 bits per heavy atom. The van der Waals surface area contributed by atoms with Gasteiger partial charge < -0.3 is 5.32 Å². The molecule has 30 heavy (non-hydrogen) atoms. The van der Waals surface area contributed by atoms with E-state index in [2.05, 4.69) is 10.0 Å². The summed E-state index contributed by atoms with van der Waals surface area (Å²) in [5.74, 6) is -1.20. The van der Waals surface area contributed by atoms with Gasteiger partial charge in [-0.1, -0.05) is 59.6 Å². The van der Waals surface area contributed by atoms with E-state index in [-0.39, 0.29) is 22.0 Å². The zero-order valence-corrected chi connectivity index (χ0v) is 17.7. The Labute approximate surface area is 179 Å². The van der Waals surface area contributed by atoms with Crippen LogP contribution in [0.2, 0.25) is 5.02 Å². The van der Waals surface area contributed by atoms with E-state index >= 15 is 0 Å². The number of benzene rings is 3. The maximum Gasteiger partial charge on any atom is 0.242 e. The second-order valence-corrected chi connectivity index (χ2v) is 8.92. The van der Waals surface area contributed by atoms with Crippen molar-refractivity contribution < 1.29 is 17.6 Å². The van der Waals surface area contributed by atoms with E-state index in [1.165, 1.54) is 24.3 Å². The van der Waals surface area contributed by atoms with E-state index in [1.54, 1.807) is 36.4 Å². The molecule has 3 rings (SSSR count). The molecule has 0 aliphatic rings. The largest absolute Gasteiger partial charge is 0.325 e. The fourth-order valence-electron chi connectivity index (χ4n) is 2.81. The third-order valence-corrected chi connectivity index (χ3v) is 6.19. The molecule has 0 saturated heterocycles. The molecule has 1 atom stereocenters. The highest BCUT2D eigenvalue weighted by Gasteiger charge is 2.26. The third-order valence-electron chi connectivity index (χ3n) is 4.41. The Morgan fingerprint density at radius 1 is 1.03 bits per heavy atom. The number of nitrogens with one attached hydrogen (secondary N) is 2. The normalized spacial score (nSPS) is 12.4. The van der Waals surface area contributed by atoms with Crippen molar-refractivity contribution in [2.24, 2.45) is 0 Å². The van der Waals surface area contributed by atoms with Crippen molar-refractivity contribution >= 4 is 33.2 Å². The van der Waals surface area contributed by atoms with Crippen LogP contribution in [0, 0.1) is 12.7 Å². The van der Waals surface area contributed by atoms with Crippen LogP contribution in [0.4, 0.5) is 10.1 Å². The molecule has 0 heterocycles. The number of carbonyl (C=O) groups is 1. The van der Waals surface area contributed by atoms with Crippen LogP contribution in [0.5, 0.6) is 0 Å². The molecule has 156 valence electrons. The summed E-state index contributed by atoms with van der Waals surface area (Å²) in [6, 6.07) is 18.0. The monoisotopic (exact) mass is 446 g/mol. The van der Waals surface area contributed by atoms with Crippen LogP contribution < -0.4 is 10.0 Å². The van der Waals surface area contributed by atoms with Gasteiger partial charge in [-0.05, 0) is 49.2 Å². The summed E-state index contributed by atoms with van der Waals surface area (Å²) < 4.78 is 41.5. The summed E-state index contributed by atoms with van der Waals surface area (Å²) in [6.45, 7) is 1.85. The van der Waals surface area contributed by atoms with E-state index in [0.29, 0.717) is 0 Å². The Hall–Kier alpha value is -2.74. The first-order valence-corrected chi connectivity index (χ1v) is 11.0. The van der Waals surface area contributed by atoms with Crippen LogP contribution in [0.1, 0.15) is 11.1 Å². The summed E-state index contributed by atoms with van der Waals surface area (Å²) in [5.41, 5.74) is 1.96. The molecule has 0 fully saturated rings. The molecule has 0 saturated carbocycles. The molecule has 0 aromatic heterocycles. The minimum absolute atomic E-state index is 0.0591. The lowest BCUT2D eigenvalue weighted by molar-refractivity contribution is -0.117. The van der Waals surface area contributed by atoms with Crippen LogP contribution in [0.25, 0.3) is 0 Å². The van der Waals surface area contributed by atoms with Crippen LogP contribution in [0.15, 0.2) is 77.7 Å². The summed E-state index contributed by atoms with van der Waals surface area (Å²) in [6.07, 6.45) is 0.132. The van der Waals surface area contributed by atoms with Gasteiger partial charge in [0.05, 0.1) is 9.92 Å². The van der Waals surface area contributed by atoms with E-state index in [0.717, 1.165) is 17.2 Å². The molecule has 8 heteroatoms. The van der Waals surface area contributed by atoms with Crippen LogP contribution in [-0.4, -0.2) is 20.4 Å². The highest BCUT2D eigenvalue weighted by atomic mass is 35.5. The number of carbonyl (C=O) groups excluding carboxylic acids is 1. The van der Waals surface area contributed by atoms with Gasteiger partial charge in [0.1, 0.15) is 11.9 Å². The minimum atomic E-state index is -3.95. The summed E-state index contributed by atoms with van der Waals surface area (Å²) >= 11 is 5.77. The number of sulfonamides is 1. The minimum Gasteiger partial charge on any atom is -0.325 e. The predicted octanol–water partition coefficient (Wildman–Crippen LogP) is 4.32. The van der Waals surface area contributed by atoms with Gasteiger partial charge in [0, 0.05) is 5.69 Å². The quantitative estimate of drug-likeness (QED) is 0.567. The van der Waals surface area contributed by atoms with Gasteiger partial charge in [-0.3, -0.25) is 4.79 Å². The molecule has 0 aliphatic heterocycles. The molecule has 3 aromatic carbocycles. The number of hydrogen-bond acceptors (Lipinski definition) is 3. The molecular weight excluding hydrogens is 427 g/mol. The van der Waals surface area contributed by atoms with Crippen molar-refractivity contribution in [2.45, 2.75) is 24.3 Å².